The Morgan fingerprint density at radius 3 is 1.97 bits per heavy atom. The van der Waals surface area contributed by atoms with Gasteiger partial charge in [-0.25, -0.2) is 4.79 Å². The van der Waals surface area contributed by atoms with Crippen LogP contribution in [0.4, 0.5) is 0 Å². The van der Waals surface area contributed by atoms with Crippen LogP contribution in [0.1, 0.15) is 73.5 Å². The zero-order valence-electron chi connectivity index (χ0n) is 19.5. The minimum atomic E-state index is -0.363. The standard InChI is InChI=1S/C29H34O3/c1-4-5-6-7-8-9-23-10-12-25(13-11-23)26-18-20-28(21-19-26)32-29(30)27-16-14-24(15-17-27)22(2)31-3/h10-22H,4-9H2,1-3H3. The van der Waals surface area contributed by atoms with Crippen LogP contribution < -0.4 is 4.74 Å². The first-order valence-electron chi connectivity index (χ1n) is 11.6. The summed E-state index contributed by atoms with van der Waals surface area (Å²) >= 11 is 0. The first-order valence-corrected chi connectivity index (χ1v) is 11.6. The molecule has 3 nitrogen and oxygen atoms in total. The van der Waals surface area contributed by atoms with Crippen LogP contribution in [0, 0.1) is 0 Å². The third-order valence-electron chi connectivity index (χ3n) is 5.89. The van der Waals surface area contributed by atoms with Crippen LogP contribution in [0.15, 0.2) is 72.8 Å². The number of benzene rings is 3. The Balaban J connectivity index is 1.55. The van der Waals surface area contributed by atoms with E-state index in [4.69, 9.17) is 9.47 Å². The molecular weight excluding hydrogens is 396 g/mol. The molecule has 3 heteroatoms. The van der Waals surface area contributed by atoms with Gasteiger partial charge in [-0.1, -0.05) is 81.1 Å². The van der Waals surface area contributed by atoms with Gasteiger partial charge < -0.3 is 9.47 Å². The molecule has 0 spiro atoms. The van der Waals surface area contributed by atoms with Gasteiger partial charge >= 0.3 is 5.97 Å². The van der Waals surface area contributed by atoms with Crippen molar-refractivity contribution in [2.75, 3.05) is 7.11 Å². The minimum Gasteiger partial charge on any atom is -0.423 e. The molecule has 0 saturated heterocycles. The predicted octanol–water partition coefficient (Wildman–Crippen LogP) is 7.79. The number of carbonyl (C=O) groups excluding carboxylic acids is 1. The Labute approximate surface area is 192 Å². The van der Waals surface area contributed by atoms with Crippen molar-refractivity contribution in [1.29, 1.82) is 0 Å². The molecule has 0 heterocycles. The largest absolute Gasteiger partial charge is 0.423 e. The summed E-state index contributed by atoms with van der Waals surface area (Å²) in [5.74, 6) is 0.175. The van der Waals surface area contributed by atoms with E-state index in [0.717, 1.165) is 17.5 Å². The Hall–Kier alpha value is -2.91. The van der Waals surface area contributed by atoms with Crippen molar-refractivity contribution in [1.82, 2.24) is 0 Å². The number of aryl methyl sites for hydroxylation is 1. The van der Waals surface area contributed by atoms with Gasteiger partial charge in [0.2, 0.25) is 0 Å². The van der Waals surface area contributed by atoms with Gasteiger partial charge in [-0.3, -0.25) is 0 Å². The second kappa shape index (κ2) is 12.2. The lowest BCUT2D eigenvalue weighted by atomic mass is 10.0. The number of hydrogen-bond acceptors (Lipinski definition) is 3. The van der Waals surface area contributed by atoms with Crippen LogP contribution in [0.2, 0.25) is 0 Å². The smallest absolute Gasteiger partial charge is 0.343 e. The fourth-order valence-corrected chi connectivity index (χ4v) is 3.70. The molecule has 0 aliphatic carbocycles. The number of methoxy groups -OCH3 is 1. The molecule has 0 radical (unpaired) electrons. The molecule has 3 rings (SSSR count). The van der Waals surface area contributed by atoms with Crippen molar-refractivity contribution >= 4 is 5.97 Å². The van der Waals surface area contributed by atoms with Crippen LogP contribution in [-0.2, 0) is 11.2 Å². The highest BCUT2D eigenvalue weighted by Gasteiger charge is 2.10. The molecule has 0 aliphatic rings. The molecule has 0 N–H and O–H groups in total. The summed E-state index contributed by atoms with van der Waals surface area (Å²) in [6.45, 7) is 4.22. The molecule has 32 heavy (non-hydrogen) atoms. The highest BCUT2D eigenvalue weighted by atomic mass is 16.5. The number of hydrogen-bond donors (Lipinski definition) is 0. The highest BCUT2D eigenvalue weighted by Crippen LogP contribution is 2.24. The molecule has 0 saturated carbocycles. The topological polar surface area (TPSA) is 35.5 Å². The monoisotopic (exact) mass is 430 g/mol. The fourth-order valence-electron chi connectivity index (χ4n) is 3.70. The zero-order valence-corrected chi connectivity index (χ0v) is 19.5. The highest BCUT2D eigenvalue weighted by molar-refractivity contribution is 5.91. The summed E-state index contributed by atoms with van der Waals surface area (Å²) in [5, 5.41) is 0. The summed E-state index contributed by atoms with van der Waals surface area (Å²) < 4.78 is 10.8. The molecule has 0 aromatic heterocycles. The first-order chi connectivity index (χ1) is 15.6. The molecule has 168 valence electrons. The van der Waals surface area contributed by atoms with Gasteiger partial charge in [-0.2, -0.15) is 0 Å². The maximum absolute atomic E-state index is 12.4. The van der Waals surface area contributed by atoms with Gasteiger partial charge in [-0.15, -0.1) is 0 Å². The minimum absolute atomic E-state index is 0.00697. The van der Waals surface area contributed by atoms with Crippen molar-refractivity contribution in [2.24, 2.45) is 0 Å². The Morgan fingerprint density at radius 1 is 0.781 bits per heavy atom. The molecular formula is C29H34O3. The van der Waals surface area contributed by atoms with Gasteiger partial charge in [0.15, 0.2) is 0 Å². The summed E-state index contributed by atoms with van der Waals surface area (Å²) in [5.41, 5.74) is 5.21. The lowest BCUT2D eigenvalue weighted by Gasteiger charge is -2.10. The predicted molar refractivity (Wildman–Crippen MR) is 131 cm³/mol. The molecule has 1 unspecified atom stereocenters. The van der Waals surface area contributed by atoms with E-state index in [0.29, 0.717) is 11.3 Å². The number of rotatable bonds is 11. The van der Waals surface area contributed by atoms with Crippen LogP contribution in [0.5, 0.6) is 5.75 Å². The van der Waals surface area contributed by atoms with Gasteiger partial charge in [0.05, 0.1) is 11.7 Å². The molecule has 0 amide bonds. The van der Waals surface area contributed by atoms with Crippen LogP contribution >= 0.6 is 0 Å². The van der Waals surface area contributed by atoms with E-state index >= 15 is 0 Å². The molecule has 3 aromatic rings. The Morgan fingerprint density at radius 2 is 1.38 bits per heavy atom. The molecule has 0 fully saturated rings. The number of ether oxygens (including phenoxy) is 2. The van der Waals surface area contributed by atoms with E-state index in [2.05, 4.69) is 31.2 Å². The van der Waals surface area contributed by atoms with Crippen molar-refractivity contribution in [2.45, 2.75) is 58.5 Å². The van der Waals surface area contributed by atoms with E-state index in [1.54, 1.807) is 19.2 Å². The van der Waals surface area contributed by atoms with E-state index in [-0.39, 0.29) is 12.1 Å². The Bertz CT molecular complexity index is 957. The van der Waals surface area contributed by atoms with Gasteiger partial charge in [0.1, 0.15) is 5.75 Å². The fraction of sp³-hybridized carbons (Fsp3) is 0.345. The van der Waals surface area contributed by atoms with E-state index in [9.17, 15) is 4.79 Å². The van der Waals surface area contributed by atoms with Gasteiger partial charge in [0.25, 0.3) is 0 Å². The lowest BCUT2D eigenvalue weighted by Crippen LogP contribution is -2.08. The lowest BCUT2D eigenvalue weighted by molar-refractivity contribution is 0.0734. The normalized spacial score (nSPS) is 11.8. The second-order valence-electron chi connectivity index (χ2n) is 8.27. The summed E-state index contributed by atoms with van der Waals surface area (Å²) in [6.07, 6.45) is 7.67. The van der Waals surface area contributed by atoms with E-state index in [1.165, 1.54) is 43.2 Å². The molecule has 1 atom stereocenters. The van der Waals surface area contributed by atoms with Crippen molar-refractivity contribution in [3.8, 4) is 16.9 Å². The molecule has 0 bridgehead atoms. The van der Waals surface area contributed by atoms with Crippen LogP contribution in [0.25, 0.3) is 11.1 Å². The summed E-state index contributed by atoms with van der Waals surface area (Å²) in [4.78, 5) is 12.4. The number of esters is 1. The maximum Gasteiger partial charge on any atom is 0.343 e. The maximum atomic E-state index is 12.4. The SMILES string of the molecule is CCCCCCCc1ccc(-c2ccc(OC(=O)c3ccc(C(C)OC)cc3)cc2)cc1. The summed E-state index contributed by atoms with van der Waals surface area (Å²) in [6, 6.07) is 23.8. The average molecular weight is 431 g/mol. The van der Waals surface area contributed by atoms with Gasteiger partial charge in [0, 0.05) is 7.11 Å². The van der Waals surface area contributed by atoms with Crippen LogP contribution in [0.3, 0.4) is 0 Å². The third kappa shape index (κ3) is 6.80. The third-order valence-corrected chi connectivity index (χ3v) is 5.89. The van der Waals surface area contributed by atoms with Gasteiger partial charge in [-0.05, 0) is 66.3 Å². The average Bonchev–Trinajstić information content (AvgIpc) is 2.84. The van der Waals surface area contributed by atoms with Crippen molar-refractivity contribution < 1.29 is 14.3 Å². The number of unbranched alkanes of at least 4 members (excludes halogenated alkanes) is 4. The Kier molecular flexibility index (Phi) is 9.06. The van der Waals surface area contributed by atoms with Crippen LogP contribution in [-0.4, -0.2) is 13.1 Å². The quantitative estimate of drug-likeness (QED) is 0.177. The molecule has 0 aliphatic heterocycles. The summed E-state index contributed by atoms with van der Waals surface area (Å²) in [7, 11) is 1.67. The van der Waals surface area contributed by atoms with E-state index < -0.39 is 0 Å². The number of carbonyl (C=O) groups is 1. The second-order valence-corrected chi connectivity index (χ2v) is 8.27. The molecule has 3 aromatic carbocycles. The van der Waals surface area contributed by atoms with E-state index in [1.807, 2.05) is 43.3 Å². The van der Waals surface area contributed by atoms with Crippen molar-refractivity contribution in [3.05, 3.63) is 89.5 Å². The first kappa shape index (κ1) is 23.7. The van der Waals surface area contributed by atoms with Crippen molar-refractivity contribution in [3.63, 3.8) is 0 Å². The zero-order chi connectivity index (χ0) is 22.8.